The molecule has 1 saturated carbocycles. The lowest BCUT2D eigenvalue weighted by atomic mass is 10.1. The number of hydrogen-bond acceptors (Lipinski definition) is 6. The highest BCUT2D eigenvalue weighted by molar-refractivity contribution is 7.15. The Balaban J connectivity index is 1.24. The maximum atomic E-state index is 12.6. The van der Waals surface area contributed by atoms with E-state index in [4.69, 9.17) is 4.98 Å². The maximum Gasteiger partial charge on any atom is 0.227 e. The van der Waals surface area contributed by atoms with Crippen molar-refractivity contribution < 1.29 is 4.79 Å². The highest BCUT2D eigenvalue weighted by atomic mass is 32.1. The Kier molecular flexibility index (Phi) is 5.51. The quantitative estimate of drug-likeness (QED) is 0.234. The van der Waals surface area contributed by atoms with Crippen molar-refractivity contribution in [2.75, 3.05) is 5.32 Å². The van der Waals surface area contributed by atoms with Gasteiger partial charge in [-0.25, -0.2) is 4.98 Å². The first kappa shape index (κ1) is 22.8. The van der Waals surface area contributed by atoms with Gasteiger partial charge in [0.15, 0.2) is 0 Å². The molecular formula is C29H25N7OS. The van der Waals surface area contributed by atoms with Gasteiger partial charge in [0.05, 0.1) is 39.4 Å². The summed E-state index contributed by atoms with van der Waals surface area (Å²) in [7, 11) is 0. The van der Waals surface area contributed by atoms with E-state index >= 15 is 0 Å². The Hall–Kier alpha value is -4.37. The van der Waals surface area contributed by atoms with Crippen LogP contribution in [0.5, 0.6) is 0 Å². The largest absolute Gasteiger partial charge is 0.353 e. The van der Waals surface area contributed by atoms with Crippen molar-refractivity contribution >= 4 is 44.9 Å². The molecule has 6 heterocycles. The summed E-state index contributed by atoms with van der Waals surface area (Å²) in [6, 6.07) is 14.1. The fraction of sp³-hybridized carbons (Fsp3) is 0.207. The van der Waals surface area contributed by atoms with Crippen LogP contribution in [-0.4, -0.2) is 36.0 Å². The van der Waals surface area contributed by atoms with Crippen molar-refractivity contribution in [3.63, 3.8) is 0 Å². The van der Waals surface area contributed by atoms with Gasteiger partial charge in [-0.1, -0.05) is 12.8 Å². The first-order valence-electron chi connectivity index (χ1n) is 12.8. The third-order valence-corrected chi connectivity index (χ3v) is 8.22. The summed E-state index contributed by atoms with van der Waals surface area (Å²) in [5, 5.41) is 11.8. The Morgan fingerprint density at radius 1 is 1.03 bits per heavy atom. The first-order valence-corrected chi connectivity index (χ1v) is 13.6. The van der Waals surface area contributed by atoms with Gasteiger partial charge in [0.25, 0.3) is 0 Å². The zero-order valence-electron chi connectivity index (χ0n) is 20.8. The van der Waals surface area contributed by atoms with Crippen LogP contribution in [-0.2, 0) is 4.79 Å². The molecule has 0 saturated heterocycles. The highest BCUT2D eigenvalue weighted by Crippen LogP contribution is 2.35. The van der Waals surface area contributed by atoms with Gasteiger partial charge in [-0.3, -0.25) is 19.9 Å². The fourth-order valence-electron chi connectivity index (χ4n) is 5.27. The number of carbonyl (C=O) groups is 1. The van der Waals surface area contributed by atoms with Crippen molar-refractivity contribution in [2.45, 2.75) is 32.6 Å². The number of amides is 1. The smallest absolute Gasteiger partial charge is 0.227 e. The molecule has 0 unspecified atom stereocenters. The summed E-state index contributed by atoms with van der Waals surface area (Å²) in [6.45, 7) is 2.10. The third kappa shape index (κ3) is 4.05. The summed E-state index contributed by atoms with van der Waals surface area (Å²) >= 11 is 1.73. The molecule has 6 aromatic rings. The molecule has 0 radical (unpaired) electrons. The number of nitrogens with zero attached hydrogens (tertiary/aromatic N) is 4. The van der Waals surface area contributed by atoms with Crippen LogP contribution < -0.4 is 5.32 Å². The van der Waals surface area contributed by atoms with E-state index in [1.54, 1.807) is 23.7 Å². The molecule has 8 nitrogen and oxygen atoms in total. The molecule has 0 atom stereocenters. The monoisotopic (exact) mass is 519 g/mol. The summed E-state index contributed by atoms with van der Waals surface area (Å²) in [4.78, 5) is 32.5. The number of aromatic amines is 2. The number of aryl methyl sites for hydroxylation is 1. The summed E-state index contributed by atoms with van der Waals surface area (Å²) in [5.41, 5.74) is 7.45. The summed E-state index contributed by atoms with van der Waals surface area (Å²) in [5.74, 6) is 0.171. The van der Waals surface area contributed by atoms with Crippen molar-refractivity contribution in [1.82, 2.24) is 30.1 Å². The minimum absolute atomic E-state index is 0.0763. The number of rotatable bonds is 5. The second-order valence-electron chi connectivity index (χ2n) is 9.81. The first-order chi connectivity index (χ1) is 18.6. The molecule has 6 aromatic heterocycles. The second kappa shape index (κ2) is 9.18. The van der Waals surface area contributed by atoms with Crippen LogP contribution in [0.25, 0.3) is 55.2 Å². The lowest BCUT2D eigenvalue weighted by Gasteiger charge is -2.11. The molecule has 0 aliphatic heterocycles. The Morgan fingerprint density at radius 2 is 1.92 bits per heavy atom. The highest BCUT2D eigenvalue weighted by Gasteiger charge is 2.23. The van der Waals surface area contributed by atoms with Crippen LogP contribution in [0.1, 0.15) is 30.6 Å². The SMILES string of the molecule is Cc1ccc(-c2nccc3[nH]c(-c4n[nH]c5ccc(-c6cncc(NC(=O)C7CCCC7)c6)nc45)cc23)s1. The topological polar surface area (TPSA) is 112 Å². The van der Waals surface area contributed by atoms with E-state index in [0.717, 1.165) is 80.8 Å². The van der Waals surface area contributed by atoms with Crippen molar-refractivity contribution in [2.24, 2.45) is 5.92 Å². The molecule has 188 valence electrons. The lowest BCUT2D eigenvalue weighted by molar-refractivity contribution is -0.119. The number of pyridine rings is 3. The zero-order valence-corrected chi connectivity index (χ0v) is 21.6. The van der Waals surface area contributed by atoms with Gasteiger partial charge < -0.3 is 10.3 Å². The second-order valence-corrected chi connectivity index (χ2v) is 11.1. The Morgan fingerprint density at radius 3 is 2.76 bits per heavy atom. The van der Waals surface area contributed by atoms with E-state index in [1.165, 1.54) is 4.88 Å². The number of carbonyl (C=O) groups excluding carboxylic acids is 1. The van der Waals surface area contributed by atoms with Crippen LogP contribution in [0.15, 0.2) is 61.1 Å². The zero-order chi connectivity index (χ0) is 25.6. The van der Waals surface area contributed by atoms with Crippen molar-refractivity contribution in [1.29, 1.82) is 0 Å². The van der Waals surface area contributed by atoms with Crippen LogP contribution in [0.4, 0.5) is 5.69 Å². The van der Waals surface area contributed by atoms with E-state index in [2.05, 4.69) is 55.6 Å². The van der Waals surface area contributed by atoms with Gasteiger partial charge in [-0.15, -0.1) is 11.3 Å². The fourth-order valence-corrected chi connectivity index (χ4v) is 6.15. The predicted molar refractivity (Wildman–Crippen MR) is 151 cm³/mol. The number of aromatic nitrogens is 6. The normalized spacial score (nSPS) is 14.0. The number of H-pyrrole nitrogens is 2. The molecule has 0 spiro atoms. The minimum Gasteiger partial charge on any atom is -0.353 e. The van der Waals surface area contributed by atoms with E-state index in [1.807, 2.05) is 30.5 Å². The summed E-state index contributed by atoms with van der Waals surface area (Å²) < 4.78 is 0. The molecule has 38 heavy (non-hydrogen) atoms. The lowest BCUT2D eigenvalue weighted by Crippen LogP contribution is -2.20. The molecule has 9 heteroatoms. The van der Waals surface area contributed by atoms with Gasteiger partial charge in [0, 0.05) is 39.7 Å². The van der Waals surface area contributed by atoms with Gasteiger partial charge in [0.1, 0.15) is 11.2 Å². The molecule has 7 rings (SSSR count). The minimum atomic E-state index is 0.0763. The molecule has 0 bridgehead atoms. The Labute approximate surface area is 222 Å². The van der Waals surface area contributed by atoms with Crippen LogP contribution in [0.3, 0.4) is 0 Å². The molecular weight excluding hydrogens is 494 g/mol. The number of anilines is 1. The molecule has 1 aliphatic rings. The standard InChI is InChI=1S/C29H25N7OS/c1-16-6-9-25(38-16)26-20-13-24(33-22(20)10-11-31-26)28-27-23(35-36-28)8-7-21(34-27)18-12-19(15-30-14-18)32-29(37)17-4-2-3-5-17/h6-15,17,33H,2-5H2,1H3,(H,32,37)(H,35,36). The Bertz CT molecular complexity index is 1810. The molecule has 3 N–H and O–H groups in total. The van der Waals surface area contributed by atoms with E-state index in [9.17, 15) is 4.79 Å². The molecule has 1 fully saturated rings. The average molecular weight is 520 g/mol. The van der Waals surface area contributed by atoms with Crippen LogP contribution >= 0.6 is 11.3 Å². The molecule has 1 amide bonds. The van der Waals surface area contributed by atoms with Gasteiger partial charge in [-0.2, -0.15) is 5.10 Å². The van der Waals surface area contributed by atoms with E-state index in [0.29, 0.717) is 5.69 Å². The van der Waals surface area contributed by atoms with Crippen molar-refractivity contribution in [3.05, 3.63) is 65.9 Å². The number of fused-ring (bicyclic) bond motifs is 2. The van der Waals surface area contributed by atoms with Gasteiger partial charge in [0.2, 0.25) is 5.91 Å². The van der Waals surface area contributed by atoms with Gasteiger partial charge in [-0.05, 0) is 62.2 Å². The summed E-state index contributed by atoms with van der Waals surface area (Å²) in [6.07, 6.45) is 9.44. The van der Waals surface area contributed by atoms with Gasteiger partial charge >= 0.3 is 0 Å². The third-order valence-electron chi connectivity index (χ3n) is 7.21. The number of nitrogens with one attached hydrogen (secondary N) is 3. The molecule has 1 aliphatic carbocycles. The number of hydrogen-bond donors (Lipinski definition) is 3. The maximum absolute atomic E-state index is 12.6. The van der Waals surface area contributed by atoms with E-state index in [-0.39, 0.29) is 11.8 Å². The van der Waals surface area contributed by atoms with Crippen molar-refractivity contribution in [3.8, 4) is 33.2 Å². The molecule has 0 aromatic carbocycles. The average Bonchev–Trinajstić information content (AvgIpc) is 3.74. The predicted octanol–water partition coefficient (Wildman–Crippen LogP) is 6.73. The number of thiophene rings is 1. The van der Waals surface area contributed by atoms with Crippen LogP contribution in [0.2, 0.25) is 0 Å². The van der Waals surface area contributed by atoms with E-state index < -0.39 is 0 Å². The van der Waals surface area contributed by atoms with Crippen LogP contribution in [0, 0.1) is 12.8 Å².